The molecular formula is C38H34FN4O13PS2. The van der Waals surface area contributed by atoms with Gasteiger partial charge in [-0.3, -0.25) is 19.2 Å². The molecule has 0 aliphatic rings. The maximum Gasteiger partial charge on any atom is 0.391 e. The summed E-state index contributed by atoms with van der Waals surface area (Å²) in [6.45, 7) is -0.127. The summed E-state index contributed by atoms with van der Waals surface area (Å²) < 4.78 is 72.1. The summed E-state index contributed by atoms with van der Waals surface area (Å²) in [4.78, 5) is 57.5. The van der Waals surface area contributed by atoms with Crippen molar-refractivity contribution >= 4 is 62.8 Å². The Bertz CT molecular complexity index is 2460. The number of hydrogen-bond donors (Lipinski definition) is 6. The van der Waals surface area contributed by atoms with E-state index in [0.29, 0.717) is 21.2 Å². The smallest absolute Gasteiger partial charge is 0.391 e. The van der Waals surface area contributed by atoms with Gasteiger partial charge < -0.3 is 39.7 Å². The molecule has 308 valence electrons. The first kappa shape index (κ1) is 43.8. The van der Waals surface area contributed by atoms with Gasteiger partial charge in [-0.2, -0.15) is 9.98 Å². The van der Waals surface area contributed by atoms with Crippen LogP contribution in [0.15, 0.2) is 89.1 Å². The number of nitriles is 1. The summed E-state index contributed by atoms with van der Waals surface area (Å²) in [5, 5.41) is 32.5. The highest BCUT2D eigenvalue weighted by molar-refractivity contribution is 7.92. The molecule has 5 rings (SSSR count). The fraction of sp³-hybridized carbons (Fsp3) is 0.184. The highest BCUT2D eigenvalue weighted by atomic mass is 32.2. The van der Waals surface area contributed by atoms with Crippen molar-refractivity contribution in [2.45, 2.75) is 17.1 Å². The number of hydrogen-bond acceptors (Lipinski definition) is 12. The quantitative estimate of drug-likeness (QED) is 0.0471. The molecule has 0 radical (unpaired) electrons. The number of thiophene rings is 1. The molecule has 1 heterocycles. The summed E-state index contributed by atoms with van der Waals surface area (Å²) in [7, 11) is -9.12. The molecule has 2 amide bonds. The molecular weight excluding hydrogens is 835 g/mol. The van der Waals surface area contributed by atoms with Crippen LogP contribution in [0.25, 0.3) is 10.1 Å². The minimum atomic E-state index is -4.70. The van der Waals surface area contributed by atoms with Crippen molar-refractivity contribution in [3.8, 4) is 23.3 Å². The van der Waals surface area contributed by atoms with Gasteiger partial charge in [0.25, 0.3) is 21.8 Å². The first-order chi connectivity index (χ1) is 28.0. The lowest BCUT2D eigenvalue weighted by Gasteiger charge is -2.14. The first-order valence-corrected chi connectivity index (χ1v) is 21.3. The number of nitrogens with zero attached hydrogens (tertiary/aromatic N) is 1. The van der Waals surface area contributed by atoms with E-state index in [2.05, 4.69) is 10.6 Å². The van der Waals surface area contributed by atoms with Crippen LogP contribution >= 0.6 is 18.9 Å². The van der Waals surface area contributed by atoms with Crippen molar-refractivity contribution in [3.63, 3.8) is 0 Å². The Morgan fingerprint density at radius 2 is 1.31 bits per heavy atom. The van der Waals surface area contributed by atoms with Crippen LogP contribution in [-0.4, -0.2) is 79.9 Å². The van der Waals surface area contributed by atoms with E-state index in [9.17, 15) is 41.4 Å². The van der Waals surface area contributed by atoms with Crippen LogP contribution in [0, 0.1) is 17.1 Å². The zero-order valence-corrected chi connectivity index (χ0v) is 33.1. The number of benzene rings is 4. The third-order valence-electron chi connectivity index (χ3n) is 8.02. The van der Waals surface area contributed by atoms with Gasteiger partial charge >= 0.3 is 19.5 Å². The Morgan fingerprint density at radius 1 is 0.780 bits per heavy atom. The van der Waals surface area contributed by atoms with Gasteiger partial charge in [0.15, 0.2) is 11.5 Å². The van der Waals surface area contributed by atoms with Crippen LogP contribution in [0.5, 0.6) is 17.2 Å². The molecule has 0 aliphatic heterocycles. The molecule has 17 nitrogen and oxygen atoms in total. The highest BCUT2D eigenvalue weighted by Gasteiger charge is 2.27. The number of nitrogens with one attached hydrogen (secondary N) is 3. The van der Waals surface area contributed by atoms with Gasteiger partial charge in [0.05, 0.1) is 31.5 Å². The normalized spacial score (nSPS) is 12.2. The van der Waals surface area contributed by atoms with Crippen LogP contribution in [-0.2, 0) is 37.0 Å². The van der Waals surface area contributed by atoms with Crippen LogP contribution in [0.1, 0.15) is 37.4 Å². The Morgan fingerprint density at radius 3 is 1.80 bits per heavy atom. The fourth-order valence-electron chi connectivity index (χ4n) is 5.21. The number of amides is 2. The van der Waals surface area contributed by atoms with Gasteiger partial charge in [0.1, 0.15) is 41.3 Å². The average Bonchev–Trinajstić information content (AvgIpc) is 3.61. The highest BCUT2D eigenvalue weighted by Crippen LogP contribution is 2.43. The van der Waals surface area contributed by atoms with Crippen molar-refractivity contribution in [3.05, 3.63) is 119 Å². The summed E-state index contributed by atoms with van der Waals surface area (Å²) in [6.07, 6.45) is -1.47. The van der Waals surface area contributed by atoms with E-state index in [-0.39, 0.29) is 71.5 Å². The molecule has 1 unspecified atom stereocenters. The number of halogens is 1. The van der Waals surface area contributed by atoms with Gasteiger partial charge in [-0.1, -0.05) is 24.3 Å². The van der Waals surface area contributed by atoms with E-state index in [1.807, 2.05) is 4.72 Å². The lowest BCUT2D eigenvalue weighted by molar-refractivity contribution is -0.137. The number of fused-ring (bicyclic) bond motifs is 1. The molecule has 21 heteroatoms. The number of carboxylic acids is 2. The summed E-state index contributed by atoms with van der Waals surface area (Å²) >= 11 is 0.793. The van der Waals surface area contributed by atoms with Crippen molar-refractivity contribution in [2.24, 2.45) is 0 Å². The van der Waals surface area contributed by atoms with Crippen LogP contribution in [0.4, 0.5) is 4.39 Å². The van der Waals surface area contributed by atoms with Gasteiger partial charge in [0.2, 0.25) is 0 Å². The maximum absolute atomic E-state index is 14.0. The van der Waals surface area contributed by atoms with Crippen molar-refractivity contribution in [2.75, 3.05) is 32.6 Å². The first-order valence-electron chi connectivity index (χ1n) is 17.2. The van der Waals surface area contributed by atoms with Crippen molar-refractivity contribution in [1.29, 1.82) is 5.26 Å². The number of carboxylic acid groups (broad SMARTS) is 2. The standard InChI is InChI=1S/C38H34FN4O13PS2/c39-30-19-29(10-9-27(30)21-40)56-57(50,51)22-43-59(52,53)36-18-28-17-31(54-13-11-41-37(48)25-5-1-23(2-6-25)15-34(44)45)32(20-33(28)58-36)55-14-12-42-38(49)26-7-3-24(4-8-26)16-35(46)47/h1-10,17-20,43H,11-16,22H2,(H,41,48)(H,42,49)(H,44,45)(H,46,47)(H,50,51). The Labute approximate surface area is 339 Å². The Balaban J connectivity index is 1.26. The molecule has 0 saturated heterocycles. The lowest BCUT2D eigenvalue weighted by atomic mass is 10.1. The average molecular weight is 869 g/mol. The summed E-state index contributed by atoms with van der Waals surface area (Å²) in [6, 6.07) is 20.8. The van der Waals surface area contributed by atoms with Crippen molar-refractivity contribution < 1.29 is 65.7 Å². The molecule has 1 atom stereocenters. The molecule has 0 saturated carbocycles. The minimum absolute atomic E-state index is 0.0140. The topological polar surface area (TPSA) is 268 Å². The lowest BCUT2D eigenvalue weighted by Crippen LogP contribution is -2.28. The SMILES string of the molecule is N#Cc1ccc(OP(=O)(O)CNS(=O)(=O)c2cc3cc(OCCNC(=O)c4ccc(CC(=O)O)cc4)c(OCCNC(=O)c4ccc(CC(=O)O)cc4)cc3s2)cc1F. The molecule has 59 heavy (non-hydrogen) atoms. The van der Waals surface area contributed by atoms with E-state index in [0.717, 1.165) is 29.5 Å². The predicted octanol–water partition coefficient (Wildman–Crippen LogP) is 4.28. The van der Waals surface area contributed by atoms with E-state index < -0.39 is 59.2 Å². The summed E-state index contributed by atoms with van der Waals surface area (Å²) in [5.74, 6) is -4.02. The Hall–Kier alpha value is -6.36. The second-order valence-electron chi connectivity index (χ2n) is 12.4. The van der Waals surface area contributed by atoms with Crippen LogP contribution in [0.3, 0.4) is 0 Å². The minimum Gasteiger partial charge on any atom is -0.488 e. The van der Waals surface area contributed by atoms with Gasteiger partial charge in [0, 0.05) is 28.0 Å². The van der Waals surface area contributed by atoms with Gasteiger partial charge in [-0.05, 0) is 65.0 Å². The fourth-order valence-corrected chi connectivity index (χ4v) is 9.16. The maximum atomic E-state index is 14.0. The molecule has 4 aromatic carbocycles. The second-order valence-corrected chi connectivity index (χ2v) is 17.3. The van der Waals surface area contributed by atoms with Gasteiger partial charge in [-0.25, -0.2) is 17.4 Å². The largest absolute Gasteiger partial charge is 0.488 e. The third kappa shape index (κ3) is 12.6. The zero-order chi connectivity index (χ0) is 42.7. The van der Waals surface area contributed by atoms with Gasteiger partial charge in [-0.15, -0.1) is 11.3 Å². The molecule has 0 bridgehead atoms. The molecule has 0 spiro atoms. The van der Waals surface area contributed by atoms with E-state index >= 15 is 0 Å². The predicted molar refractivity (Wildman–Crippen MR) is 210 cm³/mol. The number of carbonyl (C=O) groups is 4. The van der Waals surface area contributed by atoms with E-state index in [1.165, 1.54) is 66.7 Å². The number of carbonyl (C=O) groups excluding carboxylic acids is 2. The second kappa shape index (κ2) is 19.4. The monoisotopic (exact) mass is 868 g/mol. The third-order valence-corrected chi connectivity index (χ3v) is 12.3. The Kier molecular flexibility index (Phi) is 14.4. The van der Waals surface area contributed by atoms with Crippen molar-refractivity contribution in [1.82, 2.24) is 15.4 Å². The van der Waals surface area contributed by atoms with E-state index in [4.69, 9.17) is 29.5 Å². The van der Waals surface area contributed by atoms with Crippen LogP contribution in [0.2, 0.25) is 0 Å². The number of sulfonamides is 1. The number of ether oxygens (including phenoxy) is 2. The molecule has 5 aromatic rings. The summed E-state index contributed by atoms with van der Waals surface area (Å²) in [5.41, 5.74) is 1.29. The number of aliphatic carboxylic acids is 2. The molecule has 1 aromatic heterocycles. The molecule has 6 N–H and O–H groups in total. The molecule has 0 fully saturated rings. The number of rotatable bonds is 20. The van der Waals surface area contributed by atoms with Crippen LogP contribution < -0.4 is 29.4 Å². The zero-order valence-electron chi connectivity index (χ0n) is 30.5. The molecule has 0 aliphatic carbocycles. The van der Waals surface area contributed by atoms with E-state index in [1.54, 1.807) is 6.07 Å².